The number of carbonyl (C=O) groups is 1. The topological polar surface area (TPSA) is 98.5 Å². The van der Waals surface area contributed by atoms with Crippen LogP contribution in [0.15, 0.2) is 30.6 Å². The lowest BCUT2D eigenvalue weighted by molar-refractivity contribution is 0.102. The number of aryl methyl sites for hydroxylation is 1. The Balaban J connectivity index is 1.73. The molecule has 2 aromatic heterocycles. The van der Waals surface area contributed by atoms with Crippen LogP contribution in [0.25, 0.3) is 5.69 Å². The van der Waals surface area contributed by atoms with Crippen molar-refractivity contribution in [1.82, 2.24) is 30.4 Å². The van der Waals surface area contributed by atoms with E-state index < -0.39 is 0 Å². The minimum absolute atomic E-state index is 0.225. The van der Waals surface area contributed by atoms with Crippen LogP contribution in [0.2, 0.25) is 0 Å². The average molecular weight is 301 g/mol. The number of nitrogens with one attached hydrogen (secondary N) is 1. The van der Waals surface area contributed by atoms with Crippen LogP contribution in [0.3, 0.4) is 0 Å². The zero-order chi connectivity index (χ0) is 14.7. The molecule has 3 rings (SSSR count). The number of amides is 1. The maximum Gasteiger partial charge on any atom is 0.257 e. The first kappa shape index (κ1) is 13.3. The van der Waals surface area contributed by atoms with E-state index in [9.17, 15) is 4.79 Å². The Morgan fingerprint density at radius 2 is 2.10 bits per heavy atom. The molecule has 0 radical (unpaired) electrons. The maximum atomic E-state index is 12.1. The number of aromatic nitrogens is 6. The van der Waals surface area contributed by atoms with Crippen LogP contribution in [0, 0.1) is 0 Å². The van der Waals surface area contributed by atoms with Gasteiger partial charge in [-0.3, -0.25) is 10.1 Å². The Labute approximate surface area is 123 Å². The van der Waals surface area contributed by atoms with Gasteiger partial charge in [-0.2, -0.15) is 0 Å². The fourth-order valence-corrected chi connectivity index (χ4v) is 2.34. The van der Waals surface area contributed by atoms with E-state index >= 15 is 0 Å². The molecule has 1 aromatic carbocycles. The van der Waals surface area contributed by atoms with Crippen molar-refractivity contribution in [2.75, 3.05) is 5.32 Å². The number of anilines is 1. The van der Waals surface area contributed by atoms with Crippen molar-refractivity contribution in [3.8, 4) is 5.69 Å². The second-order valence-corrected chi connectivity index (χ2v) is 5.17. The summed E-state index contributed by atoms with van der Waals surface area (Å²) in [5.74, 6) is -0.225. The van der Waals surface area contributed by atoms with E-state index in [-0.39, 0.29) is 5.91 Å². The SMILES string of the molecule is CCc1nnc(NC(=O)c2ccc(-n3cnnn3)cc2)s1. The van der Waals surface area contributed by atoms with Crippen molar-refractivity contribution in [2.24, 2.45) is 0 Å². The molecule has 0 saturated carbocycles. The van der Waals surface area contributed by atoms with E-state index in [4.69, 9.17) is 0 Å². The first-order valence-electron chi connectivity index (χ1n) is 6.23. The highest BCUT2D eigenvalue weighted by molar-refractivity contribution is 7.15. The van der Waals surface area contributed by atoms with E-state index in [1.807, 2.05) is 6.92 Å². The Kier molecular flexibility index (Phi) is 3.65. The molecule has 0 bridgehead atoms. The second kappa shape index (κ2) is 5.75. The summed E-state index contributed by atoms with van der Waals surface area (Å²) in [5, 5.41) is 22.9. The Morgan fingerprint density at radius 3 is 2.71 bits per heavy atom. The third-order valence-corrected chi connectivity index (χ3v) is 3.72. The predicted molar refractivity (Wildman–Crippen MR) is 76.4 cm³/mol. The number of benzene rings is 1. The van der Waals surface area contributed by atoms with Gasteiger partial charge < -0.3 is 0 Å². The lowest BCUT2D eigenvalue weighted by Crippen LogP contribution is -2.11. The molecule has 21 heavy (non-hydrogen) atoms. The summed E-state index contributed by atoms with van der Waals surface area (Å²) in [5.41, 5.74) is 1.31. The highest BCUT2D eigenvalue weighted by atomic mass is 32.1. The van der Waals surface area contributed by atoms with Gasteiger partial charge in [0, 0.05) is 5.56 Å². The van der Waals surface area contributed by atoms with Gasteiger partial charge >= 0.3 is 0 Å². The molecule has 0 aliphatic heterocycles. The molecule has 3 aromatic rings. The molecule has 0 saturated heterocycles. The molecule has 8 nitrogen and oxygen atoms in total. The molecular formula is C12H11N7OS. The fourth-order valence-electron chi connectivity index (χ4n) is 1.66. The molecule has 0 spiro atoms. The first-order chi connectivity index (χ1) is 10.3. The minimum atomic E-state index is -0.225. The third kappa shape index (κ3) is 2.92. The molecule has 2 heterocycles. The molecule has 0 fully saturated rings. The Hall–Kier alpha value is -2.68. The zero-order valence-corrected chi connectivity index (χ0v) is 11.9. The molecule has 0 unspecified atom stereocenters. The fraction of sp³-hybridized carbons (Fsp3) is 0.167. The quantitative estimate of drug-likeness (QED) is 0.780. The van der Waals surface area contributed by atoms with Crippen molar-refractivity contribution >= 4 is 22.4 Å². The highest BCUT2D eigenvalue weighted by Crippen LogP contribution is 2.17. The van der Waals surface area contributed by atoms with Crippen LogP contribution < -0.4 is 5.32 Å². The van der Waals surface area contributed by atoms with Crippen molar-refractivity contribution in [2.45, 2.75) is 13.3 Å². The van der Waals surface area contributed by atoms with E-state index in [1.54, 1.807) is 24.3 Å². The molecule has 0 aliphatic rings. The van der Waals surface area contributed by atoms with E-state index in [1.165, 1.54) is 22.3 Å². The molecule has 106 valence electrons. The van der Waals surface area contributed by atoms with Gasteiger partial charge in [0.25, 0.3) is 5.91 Å². The van der Waals surface area contributed by atoms with E-state index in [2.05, 4.69) is 31.0 Å². The van der Waals surface area contributed by atoms with Crippen LogP contribution in [-0.2, 0) is 6.42 Å². The van der Waals surface area contributed by atoms with Crippen LogP contribution in [-0.4, -0.2) is 36.3 Å². The highest BCUT2D eigenvalue weighted by Gasteiger charge is 2.10. The first-order valence-corrected chi connectivity index (χ1v) is 7.05. The van der Waals surface area contributed by atoms with Gasteiger partial charge in [-0.25, -0.2) is 4.68 Å². The summed E-state index contributed by atoms with van der Waals surface area (Å²) in [7, 11) is 0. The van der Waals surface area contributed by atoms with Crippen LogP contribution in [0.4, 0.5) is 5.13 Å². The molecule has 0 atom stereocenters. The van der Waals surface area contributed by atoms with E-state index in [0.717, 1.165) is 17.1 Å². The van der Waals surface area contributed by atoms with Crippen LogP contribution in [0.5, 0.6) is 0 Å². The van der Waals surface area contributed by atoms with Gasteiger partial charge in [0.1, 0.15) is 11.3 Å². The second-order valence-electron chi connectivity index (χ2n) is 4.11. The van der Waals surface area contributed by atoms with Crippen molar-refractivity contribution < 1.29 is 4.79 Å². The monoisotopic (exact) mass is 301 g/mol. The Morgan fingerprint density at radius 1 is 1.29 bits per heavy atom. The van der Waals surface area contributed by atoms with Crippen molar-refractivity contribution in [3.05, 3.63) is 41.2 Å². The summed E-state index contributed by atoms with van der Waals surface area (Å²) in [6, 6.07) is 6.94. The number of rotatable bonds is 4. The number of hydrogen-bond donors (Lipinski definition) is 1. The Bertz CT molecular complexity index is 735. The largest absolute Gasteiger partial charge is 0.296 e. The van der Waals surface area contributed by atoms with Gasteiger partial charge in [0.05, 0.1) is 5.69 Å². The molecule has 9 heteroatoms. The summed E-state index contributed by atoms with van der Waals surface area (Å²) < 4.78 is 1.51. The summed E-state index contributed by atoms with van der Waals surface area (Å²) in [6.45, 7) is 1.99. The van der Waals surface area contributed by atoms with Crippen LogP contribution in [0.1, 0.15) is 22.3 Å². The van der Waals surface area contributed by atoms with Gasteiger partial charge in [0.2, 0.25) is 5.13 Å². The number of carbonyl (C=O) groups excluding carboxylic acids is 1. The summed E-state index contributed by atoms with van der Waals surface area (Å²) >= 11 is 1.37. The molecule has 1 N–H and O–H groups in total. The maximum absolute atomic E-state index is 12.1. The van der Waals surface area contributed by atoms with Crippen LogP contribution >= 0.6 is 11.3 Å². The van der Waals surface area contributed by atoms with Crippen molar-refractivity contribution in [1.29, 1.82) is 0 Å². The molecule has 1 amide bonds. The number of nitrogens with zero attached hydrogens (tertiary/aromatic N) is 6. The number of hydrogen-bond acceptors (Lipinski definition) is 7. The molecule has 0 aliphatic carbocycles. The summed E-state index contributed by atoms with van der Waals surface area (Å²) in [4.78, 5) is 12.1. The molecular weight excluding hydrogens is 290 g/mol. The van der Waals surface area contributed by atoms with E-state index in [0.29, 0.717) is 10.7 Å². The minimum Gasteiger partial charge on any atom is -0.296 e. The van der Waals surface area contributed by atoms with Crippen molar-refractivity contribution in [3.63, 3.8) is 0 Å². The average Bonchev–Trinajstić information content (AvgIpc) is 3.19. The predicted octanol–water partition coefficient (Wildman–Crippen LogP) is 1.33. The normalized spacial score (nSPS) is 10.5. The van der Waals surface area contributed by atoms with Gasteiger partial charge in [0.15, 0.2) is 0 Å². The standard InChI is InChI=1S/C12H11N7OS/c1-2-10-15-16-12(21-10)14-11(20)8-3-5-9(6-4-8)19-7-13-17-18-19/h3-7H,2H2,1H3,(H,14,16,20). The zero-order valence-electron chi connectivity index (χ0n) is 11.1. The third-order valence-electron chi connectivity index (χ3n) is 2.73. The van der Waals surface area contributed by atoms with Gasteiger partial charge in [-0.05, 0) is 41.1 Å². The van der Waals surface area contributed by atoms with Gasteiger partial charge in [-0.15, -0.1) is 15.3 Å². The van der Waals surface area contributed by atoms with Gasteiger partial charge in [-0.1, -0.05) is 18.3 Å². The summed E-state index contributed by atoms with van der Waals surface area (Å²) in [6.07, 6.45) is 2.29. The lowest BCUT2D eigenvalue weighted by Gasteiger charge is -2.03. The number of tetrazole rings is 1. The lowest BCUT2D eigenvalue weighted by atomic mass is 10.2. The smallest absolute Gasteiger partial charge is 0.257 e.